The molecule has 464 valence electrons. The van der Waals surface area contributed by atoms with Crippen molar-refractivity contribution in [1.82, 2.24) is 5.32 Å². The number of esters is 1. The SMILES string of the molecule is CC/C=C/C/C=C/C/C=C/CCCCCCCCC(=O)NC(COP(=O)(O)OCC[N+](C)(C)C)C(/C=C\CCCCCCCCCCCC)OC(=O)CCCCCCCCCCCCCCCCCCCCCCCCCCC. The first-order valence-electron chi connectivity index (χ1n) is 34.0. The predicted molar refractivity (Wildman–Crippen MR) is 342 cm³/mol. The minimum absolute atomic E-state index is 0.0385. The lowest BCUT2D eigenvalue weighted by Crippen LogP contribution is -2.47. The Morgan fingerprint density at radius 3 is 1.22 bits per heavy atom. The zero-order valence-electron chi connectivity index (χ0n) is 53.1. The van der Waals surface area contributed by atoms with Crippen LogP contribution in [0.2, 0.25) is 0 Å². The Kier molecular flexibility index (Phi) is 57.6. The summed E-state index contributed by atoms with van der Waals surface area (Å²) in [6.07, 6.45) is 74.1. The lowest BCUT2D eigenvalue weighted by Gasteiger charge is -2.27. The predicted octanol–water partition coefficient (Wildman–Crippen LogP) is 21.2. The number of hydrogen-bond acceptors (Lipinski definition) is 6. The topological polar surface area (TPSA) is 111 Å². The second-order valence-corrected chi connectivity index (χ2v) is 25.8. The molecule has 0 saturated carbocycles. The second-order valence-electron chi connectivity index (χ2n) is 24.3. The van der Waals surface area contributed by atoms with Crippen LogP contribution < -0.4 is 5.32 Å². The van der Waals surface area contributed by atoms with Crippen LogP contribution >= 0.6 is 7.82 Å². The molecule has 2 N–H and O–H groups in total. The van der Waals surface area contributed by atoms with Gasteiger partial charge in [0.1, 0.15) is 19.3 Å². The Balaban J connectivity index is 5.05. The van der Waals surface area contributed by atoms with Gasteiger partial charge in [0, 0.05) is 12.8 Å². The molecule has 3 atom stereocenters. The zero-order chi connectivity index (χ0) is 57.9. The van der Waals surface area contributed by atoms with Gasteiger partial charge in [-0.2, -0.15) is 0 Å². The molecule has 9 nitrogen and oxygen atoms in total. The van der Waals surface area contributed by atoms with E-state index in [1.807, 2.05) is 33.3 Å². The van der Waals surface area contributed by atoms with Crippen LogP contribution in [-0.2, 0) is 27.9 Å². The Labute approximate surface area is 490 Å². The lowest BCUT2D eigenvalue weighted by atomic mass is 10.0. The normalized spacial score (nSPS) is 13.9. The van der Waals surface area contributed by atoms with Crippen molar-refractivity contribution in [2.75, 3.05) is 40.9 Å². The van der Waals surface area contributed by atoms with E-state index < -0.39 is 20.0 Å². The molecule has 0 spiro atoms. The molecule has 0 bridgehead atoms. The molecule has 1 amide bonds. The second kappa shape index (κ2) is 59.1. The van der Waals surface area contributed by atoms with E-state index in [0.29, 0.717) is 23.9 Å². The number of unbranched alkanes of at least 4 members (excludes halogenated alkanes) is 40. The summed E-state index contributed by atoms with van der Waals surface area (Å²) in [5.74, 6) is -0.506. The van der Waals surface area contributed by atoms with Gasteiger partial charge in [-0.1, -0.05) is 301 Å². The molecule has 0 aromatic carbocycles. The summed E-state index contributed by atoms with van der Waals surface area (Å²) in [6.45, 7) is 6.93. The molecule has 0 rings (SSSR count). The maximum absolute atomic E-state index is 13.6. The minimum Gasteiger partial charge on any atom is -0.456 e. The van der Waals surface area contributed by atoms with Gasteiger partial charge in [0.05, 0.1) is 33.8 Å². The van der Waals surface area contributed by atoms with Gasteiger partial charge in [-0.05, 0) is 63.9 Å². The number of carbonyl (C=O) groups is 2. The van der Waals surface area contributed by atoms with Gasteiger partial charge < -0.3 is 19.4 Å². The summed E-state index contributed by atoms with van der Waals surface area (Å²) in [4.78, 5) is 37.8. The van der Waals surface area contributed by atoms with Crippen LogP contribution in [0, 0.1) is 0 Å². The maximum Gasteiger partial charge on any atom is 0.472 e. The number of phosphoric acid groups is 1. The third-order valence-electron chi connectivity index (χ3n) is 15.3. The van der Waals surface area contributed by atoms with Gasteiger partial charge in [0.2, 0.25) is 5.91 Å². The fourth-order valence-corrected chi connectivity index (χ4v) is 10.8. The number of hydrogen-bond donors (Lipinski definition) is 2. The first kappa shape index (κ1) is 77.0. The highest BCUT2D eigenvalue weighted by molar-refractivity contribution is 7.47. The average molecular weight is 1130 g/mol. The number of carbonyl (C=O) groups excluding carboxylic acids is 2. The Morgan fingerprint density at radius 1 is 0.456 bits per heavy atom. The molecule has 0 saturated heterocycles. The molecular weight excluding hydrogens is 1000 g/mol. The van der Waals surface area contributed by atoms with Crippen molar-refractivity contribution >= 4 is 19.7 Å². The van der Waals surface area contributed by atoms with E-state index in [4.69, 9.17) is 13.8 Å². The lowest BCUT2D eigenvalue weighted by molar-refractivity contribution is -0.870. The Morgan fingerprint density at radius 2 is 0.810 bits per heavy atom. The highest BCUT2D eigenvalue weighted by atomic mass is 31.2. The van der Waals surface area contributed by atoms with Crippen LogP contribution in [0.1, 0.15) is 329 Å². The van der Waals surface area contributed by atoms with E-state index >= 15 is 0 Å². The van der Waals surface area contributed by atoms with Crippen molar-refractivity contribution in [2.45, 2.75) is 341 Å². The van der Waals surface area contributed by atoms with Crippen molar-refractivity contribution < 1.29 is 37.3 Å². The molecule has 0 fully saturated rings. The number of rotatable bonds is 62. The number of amides is 1. The van der Waals surface area contributed by atoms with Gasteiger partial charge in [0.15, 0.2) is 0 Å². The Hall–Kier alpha value is -2.03. The smallest absolute Gasteiger partial charge is 0.456 e. The highest BCUT2D eigenvalue weighted by Gasteiger charge is 2.30. The summed E-state index contributed by atoms with van der Waals surface area (Å²) < 4.78 is 30.8. The van der Waals surface area contributed by atoms with Crippen LogP contribution in [0.15, 0.2) is 48.6 Å². The van der Waals surface area contributed by atoms with Gasteiger partial charge in [-0.25, -0.2) is 4.57 Å². The summed E-state index contributed by atoms with van der Waals surface area (Å²) in [7, 11) is 1.50. The van der Waals surface area contributed by atoms with Crippen molar-refractivity contribution in [3.8, 4) is 0 Å². The number of nitrogens with zero attached hydrogens (tertiary/aromatic N) is 1. The number of quaternary nitrogens is 1. The van der Waals surface area contributed by atoms with Gasteiger partial charge >= 0.3 is 13.8 Å². The molecule has 0 aliphatic heterocycles. The van der Waals surface area contributed by atoms with E-state index in [-0.39, 0.29) is 25.1 Å². The third-order valence-corrected chi connectivity index (χ3v) is 16.3. The summed E-state index contributed by atoms with van der Waals surface area (Å²) in [6, 6.07) is -0.853. The Bertz CT molecular complexity index is 1490. The van der Waals surface area contributed by atoms with E-state index in [1.54, 1.807) is 0 Å². The van der Waals surface area contributed by atoms with Crippen molar-refractivity contribution in [1.29, 1.82) is 0 Å². The first-order chi connectivity index (χ1) is 38.4. The molecule has 3 unspecified atom stereocenters. The molecule has 0 aromatic heterocycles. The number of allylic oxidation sites excluding steroid dienone is 7. The molecule has 79 heavy (non-hydrogen) atoms. The van der Waals surface area contributed by atoms with Crippen LogP contribution in [0.25, 0.3) is 0 Å². The van der Waals surface area contributed by atoms with Crippen LogP contribution in [0.3, 0.4) is 0 Å². The molecule has 0 heterocycles. The third kappa shape index (κ3) is 60.4. The van der Waals surface area contributed by atoms with Crippen molar-refractivity contribution in [3.63, 3.8) is 0 Å². The van der Waals surface area contributed by atoms with E-state index in [0.717, 1.165) is 89.9 Å². The van der Waals surface area contributed by atoms with E-state index in [2.05, 4.69) is 62.5 Å². The molecule has 0 aromatic rings. The van der Waals surface area contributed by atoms with Crippen molar-refractivity contribution in [3.05, 3.63) is 48.6 Å². The van der Waals surface area contributed by atoms with Gasteiger partial charge in [-0.3, -0.25) is 18.6 Å². The van der Waals surface area contributed by atoms with E-state index in [1.165, 1.54) is 205 Å². The van der Waals surface area contributed by atoms with Crippen LogP contribution in [0.4, 0.5) is 0 Å². The van der Waals surface area contributed by atoms with Gasteiger partial charge in [-0.15, -0.1) is 0 Å². The number of likely N-dealkylation sites (N-methyl/N-ethyl adjacent to an activating group) is 1. The average Bonchev–Trinajstić information content (AvgIpc) is 3.41. The summed E-state index contributed by atoms with van der Waals surface area (Å²) in [5.41, 5.74) is 0. The standard InChI is InChI=1S/C69H131N2O7P/c1-7-10-13-16-19-22-25-28-30-32-33-34-35-36-37-38-39-40-42-44-47-50-53-56-59-62-69(73)78-67(60-57-54-51-48-45-27-24-21-18-15-12-9-3)66(65-77-79(74,75)76-64-63-71(4,5)6)70-68(72)61-58-55-52-49-46-43-41-31-29-26-23-20-17-14-11-8-2/h11,14,20,23,29,31,57,60,66-67H,7-10,12-13,15-19,21-22,24-28,30,32-56,58-59,61-65H2,1-6H3,(H-,70,72,74,75)/p+1/b14-11+,23-20+,31-29+,60-57-. The largest absolute Gasteiger partial charge is 0.472 e. The highest BCUT2D eigenvalue weighted by Crippen LogP contribution is 2.43. The minimum atomic E-state index is -4.45. The molecule has 0 radical (unpaired) electrons. The van der Waals surface area contributed by atoms with Crippen molar-refractivity contribution in [2.24, 2.45) is 0 Å². The molecule has 10 heteroatoms. The quantitative estimate of drug-likeness (QED) is 0.0205. The van der Waals surface area contributed by atoms with Crippen LogP contribution in [-0.4, -0.2) is 74.3 Å². The summed E-state index contributed by atoms with van der Waals surface area (Å²) in [5, 5.41) is 3.06. The fraction of sp³-hybridized carbons (Fsp3) is 0.855. The molecular formula is C69H132N2O7P+. The fourth-order valence-electron chi connectivity index (χ4n) is 10.1. The van der Waals surface area contributed by atoms with Crippen LogP contribution in [0.5, 0.6) is 0 Å². The number of phosphoric ester groups is 1. The molecule has 0 aliphatic rings. The summed E-state index contributed by atoms with van der Waals surface area (Å²) >= 11 is 0. The maximum atomic E-state index is 13.6. The van der Waals surface area contributed by atoms with Gasteiger partial charge in [0.25, 0.3) is 0 Å². The molecule has 0 aliphatic carbocycles. The number of nitrogens with one attached hydrogen (secondary N) is 1. The van der Waals surface area contributed by atoms with E-state index in [9.17, 15) is 19.0 Å². The first-order valence-corrected chi connectivity index (χ1v) is 35.5. The zero-order valence-corrected chi connectivity index (χ0v) is 54.0. The number of ether oxygens (including phenoxy) is 1. The monoisotopic (exact) mass is 1130 g/mol.